The monoisotopic (exact) mass is 295 g/mol. The molecule has 6 nitrogen and oxygen atoms in total. The topological polar surface area (TPSA) is 96.0 Å². The summed E-state index contributed by atoms with van der Waals surface area (Å²) in [6.07, 6.45) is 0. The summed E-state index contributed by atoms with van der Waals surface area (Å²) in [7, 11) is -3.77. The average molecular weight is 296 g/mol. The van der Waals surface area contributed by atoms with E-state index in [9.17, 15) is 8.42 Å². The Hall–Kier alpha value is -0.670. The van der Waals surface area contributed by atoms with Gasteiger partial charge in [0.25, 0.3) is 10.0 Å². The molecule has 0 fully saturated rings. The molecule has 3 N–H and O–H groups in total. The molecule has 0 saturated heterocycles. The molecule has 0 aliphatic carbocycles. The molecule has 1 atom stereocenters. The van der Waals surface area contributed by atoms with Crippen LogP contribution in [0.2, 0.25) is 4.34 Å². The zero-order valence-corrected chi connectivity index (χ0v) is 11.2. The molecule has 0 aromatic carbocycles. The Morgan fingerprint density at radius 2 is 2.35 bits per heavy atom. The molecule has 2 rings (SSSR count). The number of aliphatic hydroxyl groups excluding tert-OH is 1. The number of nitrogens with two attached hydrogens (primary N) is 1. The first-order valence-corrected chi connectivity index (χ1v) is 7.30. The van der Waals surface area contributed by atoms with Gasteiger partial charge in [-0.1, -0.05) is 18.5 Å². The van der Waals surface area contributed by atoms with Crippen molar-refractivity contribution in [1.82, 2.24) is 0 Å². The lowest BCUT2D eigenvalue weighted by atomic mass is 10.1. The second-order valence-electron chi connectivity index (χ2n) is 3.60. The minimum Gasteiger partial charge on any atom is -0.396 e. The van der Waals surface area contributed by atoms with Gasteiger partial charge in [0.05, 0.1) is 16.6 Å². The molecule has 0 bridgehead atoms. The van der Waals surface area contributed by atoms with Crippen molar-refractivity contribution in [3.05, 3.63) is 10.4 Å². The second kappa shape index (κ2) is 4.21. The van der Waals surface area contributed by atoms with Gasteiger partial charge in [-0.2, -0.15) is 8.42 Å². The van der Waals surface area contributed by atoms with Gasteiger partial charge in [0, 0.05) is 5.92 Å². The molecule has 0 spiro atoms. The highest BCUT2D eigenvalue weighted by Gasteiger charge is 2.33. The number of aliphatic hydroxyl groups is 1. The van der Waals surface area contributed by atoms with Gasteiger partial charge >= 0.3 is 0 Å². The molecule has 0 radical (unpaired) electrons. The summed E-state index contributed by atoms with van der Waals surface area (Å²) in [5.41, 5.74) is 0.297. The second-order valence-corrected chi connectivity index (χ2v) is 7.08. The van der Waals surface area contributed by atoms with Crippen LogP contribution in [0.25, 0.3) is 0 Å². The fourth-order valence-electron chi connectivity index (χ4n) is 1.43. The largest absolute Gasteiger partial charge is 0.396 e. The zero-order chi connectivity index (χ0) is 12.8. The number of halogens is 1. The Balaban J connectivity index is 2.61. The highest BCUT2D eigenvalue weighted by atomic mass is 35.5. The molecule has 17 heavy (non-hydrogen) atoms. The number of fused-ring (bicyclic) bond motifs is 1. The van der Waals surface area contributed by atoms with Crippen LogP contribution in [0.4, 0.5) is 5.69 Å². The van der Waals surface area contributed by atoms with Crippen LogP contribution in [0.3, 0.4) is 0 Å². The van der Waals surface area contributed by atoms with Gasteiger partial charge in [0.15, 0.2) is 4.21 Å². The van der Waals surface area contributed by atoms with Crippen molar-refractivity contribution in [2.45, 2.75) is 11.1 Å². The highest BCUT2D eigenvalue weighted by Crippen LogP contribution is 2.40. The number of thiophene rings is 1. The minimum absolute atomic E-state index is 0.0267. The number of sulfonamides is 1. The first-order valence-electron chi connectivity index (χ1n) is 4.66. The highest BCUT2D eigenvalue weighted by molar-refractivity contribution is 7.92. The minimum atomic E-state index is -3.77. The molecule has 94 valence electrons. The first kappa shape index (κ1) is 12.8. The van der Waals surface area contributed by atoms with Crippen LogP contribution in [0.15, 0.2) is 14.7 Å². The van der Waals surface area contributed by atoms with Crippen molar-refractivity contribution in [3.8, 4) is 0 Å². The van der Waals surface area contributed by atoms with E-state index in [2.05, 4.69) is 4.40 Å². The molecule has 1 aromatic rings. The maximum absolute atomic E-state index is 11.9. The lowest BCUT2D eigenvalue weighted by Crippen LogP contribution is -2.44. The van der Waals surface area contributed by atoms with E-state index in [4.69, 9.17) is 22.6 Å². The Labute approximate surface area is 107 Å². The van der Waals surface area contributed by atoms with Gasteiger partial charge in [0.2, 0.25) is 0 Å². The van der Waals surface area contributed by atoms with E-state index < -0.39 is 15.9 Å². The number of nitrogens with zero attached hydrogens (tertiary/aromatic N) is 2. The van der Waals surface area contributed by atoms with E-state index in [0.29, 0.717) is 10.0 Å². The van der Waals surface area contributed by atoms with Crippen molar-refractivity contribution in [2.75, 3.05) is 11.6 Å². The molecule has 0 unspecified atom stereocenters. The van der Waals surface area contributed by atoms with Crippen molar-refractivity contribution < 1.29 is 13.5 Å². The Morgan fingerprint density at radius 3 is 2.94 bits per heavy atom. The van der Waals surface area contributed by atoms with Gasteiger partial charge in [0.1, 0.15) is 5.84 Å². The summed E-state index contributed by atoms with van der Waals surface area (Å²) in [6.45, 7) is 1.39. The van der Waals surface area contributed by atoms with Gasteiger partial charge < -0.3 is 5.11 Å². The lowest BCUT2D eigenvalue weighted by Gasteiger charge is -2.26. The number of anilines is 1. The van der Waals surface area contributed by atoms with Crippen LogP contribution in [0, 0.1) is 5.92 Å². The third kappa shape index (κ3) is 2.06. The Bertz CT molecular complexity index is 581. The number of amidine groups is 1. The molecule has 1 aliphatic rings. The standard InChI is InChI=1S/C8H10ClN3O3S2/c1-4(3-13)7-11-17(14,15)8-5(12(7)10)2-6(9)16-8/h2,4,13H,3,10H2,1H3/t4-/m1/s1. The number of rotatable bonds is 2. The van der Waals surface area contributed by atoms with Crippen LogP contribution >= 0.6 is 22.9 Å². The number of hydrazine groups is 1. The SMILES string of the molecule is C[C@H](CO)C1=NS(=O)(=O)c2sc(Cl)cc2N1N. The third-order valence-electron chi connectivity index (χ3n) is 2.32. The molecule has 1 aromatic heterocycles. The summed E-state index contributed by atoms with van der Waals surface area (Å²) in [5.74, 6) is 5.41. The van der Waals surface area contributed by atoms with E-state index in [1.54, 1.807) is 6.92 Å². The summed E-state index contributed by atoms with van der Waals surface area (Å²) in [5, 5.41) is 10.2. The lowest BCUT2D eigenvalue weighted by molar-refractivity contribution is 0.269. The Morgan fingerprint density at radius 1 is 1.71 bits per heavy atom. The van der Waals surface area contributed by atoms with Crippen molar-refractivity contribution in [2.24, 2.45) is 16.2 Å². The zero-order valence-electron chi connectivity index (χ0n) is 8.79. The molecular weight excluding hydrogens is 286 g/mol. The van der Waals surface area contributed by atoms with Crippen molar-refractivity contribution in [1.29, 1.82) is 0 Å². The quantitative estimate of drug-likeness (QED) is 0.787. The van der Waals surface area contributed by atoms with Crippen LogP contribution in [-0.4, -0.2) is 26.0 Å². The van der Waals surface area contributed by atoms with Crippen LogP contribution < -0.4 is 10.9 Å². The fraction of sp³-hybridized carbons (Fsp3) is 0.375. The molecule has 9 heteroatoms. The third-order valence-corrected chi connectivity index (χ3v) is 5.35. The van der Waals surface area contributed by atoms with Gasteiger partial charge in [-0.15, -0.1) is 15.7 Å². The van der Waals surface area contributed by atoms with Gasteiger partial charge in [-0.3, -0.25) is 5.01 Å². The normalized spacial score (nSPS) is 19.8. The summed E-state index contributed by atoms with van der Waals surface area (Å²) < 4.78 is 27.7. The van der Waals surface area contributed by atoms with E-state index in [1.807, 2.05) is 0 Å². The fourth-order valence-corrected chi connectivity index (χ4v) is 4.33. The number of hydrogen-bond acceptors (Lipinski definition) is 6. The van der Waals surface area contributed by atoms with E-state index in [0.717, 1.165) is 16.3 Å². The van der Waals surface area contributed by atoms with Crippen LogP contribution in [0.5, 0.6) is 0 Å². The van der Waals surface area contributed by atoms with Crippen LogP contribution in [-0.2, 0) is 10.0 Å². The summed E-state index contributed by atoms with van der Waals surface area (Å²) >= 11 is 6.68. The molecular formula is C8H10ClN3O3S2. The first-order chi connectivity index (χ1) is 7.86. The molecule has 2 heterocycles. The predicted molar refractivity (Wildman–Crippen MR) is 66.9 cm³/mol. The van der Waals surface area contributed by atoms with Gasteiger partial charge in [-0.25, -0.2) is 5.84 Å². The van der Waals surface area contributed by atoms with Gasteiger partial charge in [-0.05, 0) is 6.07 Å². The maximum Gasteiger partial charge on any atom is 0.295 e. The Kier molecular flexibility index (Phi) is 3.17. The predicted octanol–water partition coefficient (Wildman–Crippen LogP) is 0.811. The number of hydrogen-bond donors (Lipinski definition) is 2. The van der Waals surface area contributed by atoms with Crippen molar-refractivity contribution >= 4 is 44.5 Å². The molecule has 0 amide bonds. The maximum atomic E-state index is 11.9. The summed E-state index contributed by atoms with van der Waals surface area (Å²) in [6, 6.07) is 1.47. The molecule has 1 aliphatic heterocycles. The van der Waals surface area contributed by atoms with Crippen molar-refractivity contribution in [3.63, 3.8) is 0 Å². The smallest absolute Gasteiger partial charge is 0.295 e. The van der Waals surface area contributed by atoms with E-state index in [-0.39, 0.29) is 16.7 Å². The summed E-state index contributed by atoms with van der Waals surface area (Å²) in [4.78, 5) is 0. The van der Waals surface area contributed by atoms with Crippen LogP contribution in [0.1, 0.15) is 6.92 Å². The van der Waals surface area contributed by atoms with E-state index in [1.165, 1.54) is 6.07 Å². The van der Waals surface area contributed by atoms with E-state index >= 15 is 0 Å². The average Bonchev–Trinajstić information content (AvgIpc) is 2.66. The molecule has 0 saturated carbocycles.